The summed E-state index contributed by atoms with van der Waals surface area (Å²) >= 11 is 8.10. The van der Waals surface area contributed by atoms with Crippen molar-refractivity contribution in [3.63, 3.8) is 0 Å². The molecule has 0 unspecified atom stereocenters. The van der Waals surface area contributed by atoms with Gasteiger partial charge in [-0.25, -0.2) is 9.79 Å². The van der Waals surface area contributed by atoms with E-state index in [0.29, 0.717) is 46.4 Å². The van der Waals surface area contributed by atoms with Gasteiger partial charge in [-0.2, -0.15) is 0 Å². The number of hydrogen-bond donors (Lipinski definition) is 0. The molecule has 10 heteroatoms. The molecule has 0 amide bonds. The summed E-state index contributed by atoms with van der Waals surface area (Å²) in [4.78, 5) is 27.5. The van der Waals surface area contributed by atoms with E-state index in [1.807, 2.05) is 25.1 Å². The van der Waals surface area contributed by atoms with Gasteiger partial charge in [-0.1, -0.05) is 29.8 Å². The van der Waals surface area contributed by atoms with Crippen LogP contribution in [0.4, 0.5) is 5.69 Å². The first-order valence-electron chi connectivity index (χ1n) is 10.9. The molecule has 4 rings (SSSR count). The van der Waals surface area contributed by atoms with Crippen LogP contribution in [0.2, 0.25) is 5.02 Å². The predicted molar refractivity (Wildman–Crippen MR) is 145 cm³/mol. The molecule has 0 fully saturated rings. The maximum Gasteiger partial charge on any atom is 0.363 e. The number of ether oxygens (including phenoxy) is 3. The molecule has 0 atom stereocenters. The van der Waals surface area contributed by atoms with E-state index in [0.717, 1.165) is 9.13 Å². The van der Waals surface area contributed by atoms with Gasteiger partial charge in [0, 0.05) is 22.2 Å². The first kappa shape index (κ1) is 25.6. The summed E-state index contributed by atoms with van der Waals surface area (Å²) in [5.74, 6) is 0.468. The molecular formula is C26H20ClIN2O6. The molecule has 8 nitrogen and oxygen atoms in total. The minimum Gasteiger partial charge on any atom is -0.490 e. The molecular weight excluding hydrogens is 599 g/mol. The zero-order valence-corrected chi connectivity index (χ0v) is 22.2. The molecule has 1 aliphatic heterocycles. The van der Waals surface area contributed by atoms with E-state index in [9.17, 15) is 14.9 Å². The fourth-order valence-corrected chi connectivity index (χ4v) is 4.35. The van der Waals surface area contributed by atoms with Crippen molar-refractivity contribution in [2.45, 2.75) is 20.5 Å². The average Bonchev–Trinajstić information content (AvgIpc) is 3.20. The second-order valence-corrected chi connectivity index (χ2v) is 9.37. The minimum absolute atomic E-state index is 0.0111. The minimum atomic E-state index is -0.649. The van der Waals surface area contributed by atoms with E-state index in [1.54, 1.807) is 43.3 Å². The number of aryl methyl sites for hydroxylation is 1. The molecule has 184 valence electrons. The number of nitro groups is 1. The van der Waals surface area contributed by atoms with Gasteiger partial charge in [-0.15, -0.1) is 0 Å². The number of rotatable bonds is 8. The Balaban J connectivity index is 1.62. The lowest BCUT2D eigenvalue weighted by Crippen LogP contribution is -2.06. The fourth-order valence-electron chi connectivity index (χ4n) is 3.44. The number of carbonyl (C=O) groups excluding carboxylic acids is 1. The number of nitrogens with zero attached hydrogens (tertiary/aromatic N) is 2. The number of hydrogen-bond acceptors (Lipinski definition) is 7. The van der Waals surface area contributed by atoms with Crippen molar-refractivity contribution in [2.75, 3.05) is 6.61 Å². The lowest BCUT2D eigenvalue weighted by Gasteiger charge is -2.15. The van der Waals surface area contributed by atoms with Crippen molar-refractivity contribution < 1.29 is 23.9 Å². The largest absolute Gasteiger partial charge is 0.490 e. The van der Waals surface area contributed by atoms with Gasteiger partial charge in [0.25, 0.3) is 5.69 Å². The topological polar surface area (TPSA) is 100 Å². The van der Waals surface area contributed by atoms with Gasteiger partial charge in [-0.3, -0.25) is 10.1 Å². The first-order chi connectivity index (χ1) is 17.2. The van der Waals surface area contributed by atoms with Crippen LogP contribution in [0.5, 0.6) is 11.5 Å². The van der Waals surface area contributed by atoms with Crippen molar-refractivity contribution in [1.29, 1.82) is 0 Å². The molecule has 1 heterocycles. The van der Waals surface area contributed by atoms with Gasteiger partial charge in [0.2, 0.25) is 5.90 Å². The molecule has 0 saturated heterocycles. The van der Waals surface area contributed by atoms with Crippen molar-refractivity contribution >= 4 is 57.8 Å². The first-order valence-corrected chi connectivity index (χ1v) is 12.3. The number of halogens is 2. The summed E-state index contributed by atoms with van der Waals surface area (Å²) in [7, 11) is 0. The van der Waals surface area contributed by atoms with E-state index >= 15 is 0 Å². The highest BCUT2D eigenvalue weighted by atomic mass is 127. The zero-order valence-electron chi connectivity index (χ0n) is 19.3. The van der Waals surface area contributed by atoms with Gasteiger partial charge < -0.3 is 14.2 Å². The lowest BCUT2D eigenvalue weighted by atomic mass is 10.1. The van der Waals surface area contributed by atoms with Crippen molar-refractivity contribution in [2.24, 2.45) is 4.99 Å². The molecule has 0 radical (unpaired) electrons. The monoisotopic (exact) mass is 618 g/mol. The van der Waals surface area contributed by atoms with Crippen LogP contribution in [-0.2, 0) is 16.1 Å². The molecule has 0 spiro atoms. The van der Waals surface area contributed by atoms with Crippen LogP contribution in [-0.4, -0.2) is 23.4 Å². The molecule has 0 bridgehead atoms. The van der Waals surface area contributed by atoms with Crippen molar-refractivity contribution in [3.05, 3.63) is 101 Å². The van der Waals surface area contributed by atoms with E-state index in [2.05, 4.69) is 27.6 Å². The summed E-state index contributed by atoms with van der Waals surface area (Å²) in [6.45, 7) is 4.25. The quantitative estimate of drug-likeness (QED) is 0.0942. The van der Waals surface area contributed by atoms with Crippen molar-refractivity contribution in [1.82, 2.24) is 0 Å². The van der Waals surface area contributed by atoms with E-state index in [4.69, 9.17) is 25.8 Å². The molecule has 1 aliphatic rings. The third-order valence-electron chi connectivity index (χ3n) is 5.20. The summed E-state index contributed by atoms with van der Waals surface area (Å²) in [5.41, 5.74) is 2.46. The number of benzene rings is 3. The van der Waals surface area contributed by atoms with Crippen LogP contribution in [0, 0.1) is 20.6 Å². The SMILES string of the molecule is CCOc1cc(/C=C2\N=C(c3ccc(C)c([N+](=O)[O-])c3)OC2=O)cc(I)c1OCc1ccc(Cl)cc1. The Morgan fingerprint density at radius 1 is 1.14 bits per heavy atom. The van der Waals surface area contributed by atoms with Gasteiger partial charge >= 0.3 is 5.97 Å². The smallest absolute Gasteiger partial charge is 0.363 e. The van der Waals surface area contributed by atoms with E-state index in [1.165, 1.54) is 6.07 Å². The molecule has 0 aromatic heterocycles. The highest BCUT2D eigenvalue weighted by Gasteiger charge is 2.26. The third-order valence-corrected chi connectivity index (χ3v) is 6.26. The van der Waals surface area contributed by atoms with Crippen LogP contribution in [0.3, 0.4) is 0 Å². The number of nitro benzene ring substituents is 1. The highest BCUT2D eigenvalue weighted by Crippen LogP contribution is 2.36. The van der Waals surface area contributed by atoms with Crippen molar-refractivity contribution in [3.8, 4) is 11.5 Å². The number of esters is 1. The average molecular weight is 619 g/mol. The molecule has 3 aromatic carbocycles. The predicted octanol–water partition coefficient (Wildman–Crippen LogP) is 6.48. The van der Waals surface area contributed by atoms with E-state index < -0.39 is 10.9 Å². The van der Waals surface area contributed by atoms with Crippen LogP contribution >= 0.6 is 34.2 Å². The third kappa shape index (κ3) is 5.85. The summed E-state index contributed by atoms with van der Waals surface area (Å²) in [6.07, 6.45) is 1.57. The summed E-state index contributed by atoms with van der Waals surface area (Å²) < 4.78 is 17.9. The Labute approximate surface area is 225 Å². The van der Waals surface area contributed by atoms with Crippen LogP contribution in [0.15, 0.2) is 65.3 Å². The molecule has 0 N–H and O–H groups in total. The second-order valence-electron chi connectivity index (χ2n) is 7.77. The van der Waals surface area contributed by atoms with Gasteiger partial charge in [0.1, 0.15) is 6.61 Å². The van der Waals surface area contributed by atoms with E-state index in [-0.39, 0.29) is 17.3 Å². The Bertz CT molecular complexity index is 1400. The standard InChI is InChI=1S/C26H20ClIN2O6/c1-3-34-23-12-17(10-20(28)24(23)35-14-16-5-8-19(27)9-6-16)11-21-26(31)36-25(29-21)18-7-4-15(2)22(13-18)30(32)33/h4-13H,3,14H2,1-2H3/b21-11-. The second kappa shape index (κ2) is 11.1. The van der Waals surface area contributed by atoms with Gasteiger partial charge in [0.05, 0.1) is 15.1 Å². The zero-order chi connectivity index (χ0) is 25.8. The number of carbonyl (C=O) groups is 1. The normalized spacial score (nSPS) is 13.9. The highest BCUT2D eigenvalue weighted by molar-refractivity contribution is 14.1. The van der Waals surface area contributed by atoms with Crippen LogP contribution < -0.4 is 9.47 Å². The Morgan fingerprint density at radius 3 is 2.58 bits per heavy atom. The molecule has 0 aliphatic carbocycles. The summed E-state index contributed by atoms with van der Waals surface area (Å²) in [6, 6.07) is 15.5. The molecule has 36 heavy (non-hydrogen) atoms. The maximum atomic E-state index is 12.5. The molecule has 3 aromatic rings. The Hall–Kier alpha value is -3.44. The Morgan fingerprint density at radius 2 is 1.89 bits per heavy atom. The number of cyclic esters (lactones) is 1. The van der Waals surface area contributed by atoms with Crippen LogP contribution in [0.1, 0.15) is 29.2 Å². The molecule has 0 saturated carbocycles. The lowest BCUT2D eigenvalue weighted by molar-refractivity contribution is -0.385. The van der Waals surface area contributed by atoms with Gasteiger partial charge in [0.15, 0.2) is 17.2 Å². The fraction of sp³-hybridized carbons (Fsp3) is 0.154. The Kier molecular flexibility index (Phi) is 7.90. The van der Waals surface area contributed by atoms with Gasteiger partial charge in [-0.05, 0) is 84.0 Å². The summed E-state index contributed by atoms with van der Waals surface area (Å²) in [5, 5.41) is 11.9. The number of aliphatic imine (C=N–C) groups is 1. The van der Waals surface area contributed by atoms with Crippen LogP contribution in [0.25, 0.3) is 6.08 Å². The maximum absolute atomic E-state index is 12.5.